The second-order valence-corrected chi connectivity index (χ2v) is 2.13. The van der Waals surface area contributed by atoms with E-state index >= 15 is 0 Å². The lowest BCUT2D eigenvalue weighted by atomic mass is 10.0. The summed E-state index contributed by atoms with van der Waals surface area (Å²) in [5.74, 6) is 0.458. The molecule has 0 rings (SSSR count). The number of rotatable bonds is 2. The molecule has 0 aliphatic carbocycles. The molecule has 0 spiro atoms. The van der Waals surface area contributed by atoms with Crippen LogP contribution < -0.4 is 0 Å². The predicted octanol–water partition coefficient (Wildman–Crippen LogP) is 3.47. The van der Waals surface area contributed by atoms with Crippen LogP contribution in [0.25, 0.3) is 0 Å². The number of hydrogen-bond acceptors (Lipinski definition) is 1. The van der Waals surface area contributed by atoms with Gasteiger partial charge in [-0.25, -0.2) is 0 Å². The van der Waals surface area contributed by atoms with Crippen molar-refractivity contribution in [2.45, 2.75) is 61.0 Å². The van der Waals surface area contributed by atoms with Crippen molar-refractivity contribution in [2.75, 3.05) is 0 Å². The molecule has 0 amide bonds. The van der Waals surface area contributed by atoms with Gasteiger partial charge in [0.15, 0.2) is 0 Å². The fourth-order valence-electron chi connectivity index (χ4n) is 0.341. The number of aliphatic hydroxyl groups is 1. The Kier molecular flexibility index (Phi) is 25.7. The van der Waals surface area contributed by atoms with E-state index in [1.807, 2.05) is 41.5 Å². The fraction of sp³-hybridized carbons (Fsp3) is 1.00. The number of aliphatic hydroxyl groups excluding tert-OH is 1. The van der Waals surface area contributed by atoms with Crippen molar-refractivity contribution < 1.29 is 5.11 Å². The molecule has 0 aliphatic heterocycles. The Balaban J connectivity index is -0.000000138. The van der Waals surface area contributed by atoms with E-state index < -0.39 is 0 Å². The summed E-state index contributed by atoms with van der Waals surface area (Å²) >= 11 is 0. The molecule has 0 fully saturated rings. The van der Waals surface area contributed by atoms with E-state index in [1.54, 1.807) is 0 Å². The van der Waals surface area contributed by atoms with E-state index in [2.05, 4.69) is 6.92 Å². The summed E-state index contributed by atoms with van der Waals surface area (Å²) in [6, 6.07) is 0. The lowest BCUT2D eigenvalue weighted by Crippen LogP contribution is -2.10. The van der Waals surface area contributed by atoms with Crippen LogP contribution in [0.1, 0.15) is 54.9 Å². The van der Waals surface area contributed by atoms with Crippen LogP contribution in [0.5, 0.6) is 0 Å². The van der Waals surface area contributed by atoms with Gasteiger partial charge < -0.3 is 5.11 Å². The van der Waals surface area contributed by atoms with Crippen molar-refractivity contribution in [3.05, 3.63) is 0 Å². The summed E-state index contributed by atoms with van der Waals surface area (Å²) in [4.78, 5) is 0. The molecule has 0 saturated heterocycles. The molecule has 1 N–H and O–H groups in total. The maximum absolute atomic E-state index is 8.82. The fourth-order valence-corrected chi connectivity index (χ4v) is 0.341. The summed E-state index contributed by atoms with van der Waals surface area (Å²) in [7, 11) is 0. The topological polar surface area (TPSA) is 20.2 Å². The quantitative estimate of drug-likeness (QED) is 0.659. The summed E-state index contributed by atoms with van der Waals surface area (Å²) in [6.07, 6.45) is 0.933. The second-order valence-electron chi connectivity index (χ2n) is 2.13. The van der Waals surface area contributed by atoms with Crippen LogP contribution >= 0.6 is 0 Å². The Morgan fingerprint density at radius 1 is 1.00 bits per heavy atom. The van der Waals surface area contributed by atoms with Gasteiger partial charge in [0.1, 0.15) is 0 Å². The zero-order valence-electron chi connectivity index (χ0n) is 9.31. The van der Waals surface area contributed by atoms with Gasteiger partial charge in [0, 0.05) is 0 Å². The highest BCUT2D eigenvalue weighted by Crippen LogP contribution is 2.04. The maximum Gasteiger partial charge on any atom is 0.0537 e. The van der Waals surface area contributed by atoms with Crippen LogP contribution in [0.4, 0.5) is 0 Å². The molecule has 0 aromatic rings. The Bertz CT molecular complexity index is 42.1. The Morgan fingerprint density at radius 3 is 1.27 bits per heavy atom. The van der Waals surface area contributed by atoms with Gasteiger partial charge in [-0.15, -0.1) is 0 Å². The molecule has 2 unspecified atom stereocenters. The summed E-state index contributed by atoms with van der Waals surface area (Å²) < 4.78 is 0. The van der Waals surface area contributed by atoms with E-state index in [4.69, 9.17) is 5.11 Å². The second kappa shape index (κ2) is 16.5. The van der Waals surface area contributed by atoms with Crippen LogP contribution in [0, 0.1) is 5.92 Å². The van der Waals surface area contributed by atoms with Gasteiger partial charge in [0.25, 0.3) is 0 Å². The molecular weight excluding hydrogens is 136 g/mol. The first kappa shape index (κ1) is 17.2. The van der Waals surface area contributed by atoms with Crippen LogP contribution in [0.3, 0.4) is 0 Å². The molecule has 1 nitrogen and oxygen atoms in total. The number of hydrogen-bond donors (Lipinski definition) is 1. The minimum Gasteiger partial charge on any atom is -0.393 e. The summed E-state index contributed by atoms with van der Waals surface area (Å²) in [5, 5.41) is 8.82. The molecule has 0 aliphatic rings. The zero-order valence-corrected chi connectivity index (χ0v) is 9.31. The third-order valence-corrected chi connectivity index (χ3v) is 1.47. The first-order chi connectivity index (χ1) is 5.18. The average Bonchev–Trinajstić information content (AvgIpc) is 2.10. The van der Waals surface area contributed by atoms with Crippen LogP contribution in [0.15, 0.2) is 0 Å². The van der Waals surface area contributed by atoms with Gasteiger partial charge in [-0.2, -0.15) is 0 Å². The van der Waals surface area contributed by atoms with Gasteiger partial charge in [-0.1, -0.05) is 48.0 Å². The molecule has 0 radical (unpaired) electrons. The van der Waals surface area contributed by atoms with E-state index in [9.17, 15) is 0 Å². The maximum atomic E-state index is 8.82. The van der Waals surface area contributed by atoms with E-state index in [1.165, 1.54) is 0 Å². The third-order valence-electron chi connectivity index (χ3n) is 1.47. The molecule has 11 heavy (non-hydrogen) atoms. The van der Waals surface area contributed by atoms with Gasteiger partial charge in [-0.05, 0) is 12.8 Å². The molecule has 2 atom stereocenters. The lowest BCUT2D eigenvalue weighted by Gasteiger charge is -2.09. The first-order valence-electron chi connectivity index (χ1n) is 4.86. The third kappa shape index (κ3) is 17.8. The SMILES string of the molecule is CC.CC.CCC(C)C(C)O. The van der Waals surface area contributed by atoms with Crippen molar-refractivity contribution in [3.8, 4) is 0 Å². The van der Waals surface area contributed by atoms with Crippen molar-refractivity contribution in [1.82, 2.24) is 0 Å². The Labute approximate surface area is 72.8 Å². The normalized spacial score (nSPS) is 13.1. The molecule has 0 aromatic heterocycles. The van der Waals surface area contributed by atoms with Crippen LogP contribution in [-0.4, -0.2) is 11.2 Å². The molecule has 72 valence electrons. The minimum absolute atomic E-state index is 0.134. The molecule has 0 aromatic carbocycles. The largest absolute Gasteiger partial charge is 0.393 e. The Morgan fingerprint density at radius 2 is 1.27 bits per heavy atom. The Hall–Kier alpha value is -0.0400. The smallest absolute Gasteiger partial charge is 0.0537 e. The highest BCUT2D eigenvalue weighted by molar-refractivity contribution is 4.54. The minimum atomic E-state index is -0.134. The highest BCUT2D eigenvalue weighted by Gasteiger charge is 2.03. The summed E-state index contributed by atoms with van der Waals surface area (Å²) in [5.41, 5.74) is 0. The molecule has 0 saturated carbocycles. The van der Waals surface area contributed by atoms with Crippen molar-refractivity contribution in [3.63, 3.8) is 0 Å². The first-order valence-corrected chi connectivity index (χ1v) is 4.86. The predicted molar refractivity (Wildman–Crippen MR) is 53.8 cm³/mol. The standard InChI is InChI=1S/C6H14O.2C2H6/c1-4-5(2)6(3)7;2*1-2/h5-7H,4H2,1-3H3;2*1-2H3. The molecular formula is C10H26O. The molecule has 0 bridgehead atoms. The zero-order chi connectivity index (χ0) is 9.86. The summed E-state index contributed by atoms with van der Waals surface area (Å²) in [6.45, 7) is 14.0. The van der Waals surface area contributed by atoms with Gasteiger partial charge >= 0.3 is 0 Å². The van der Waals surface area contributed by atoms with E-state index in [-0.39, 0.29) is 6.10 Å². The van der Waals surface area contributed by atoms with Gasteiger partial charge in [0.2, 0.25) is 0 Å². The van der Waals surface area contributed by atoms with Crippen molar-refractivity contribution >= 4 is 0 Å². The van der Waals surface area contributed by atoms with Crippen LogP contribution in [0.2, 0.25) is 0 Å². The van der Waals surface area contributed by atoms with Crippen molar-refractivity contribution in [2.24, 2.45) is 5.92 Å². The molecule has 1 heteroatoms. The van der Waals surface area contributed by atoms with Gasteiger partial charge in [0.05, 0.1) is 6.10 Å². The van der Waals surface area contributed by atoms with Gasteiger partial charge in [-0.3, -0.25) is 0 Å². The lowest BCUT2D eigenvalue weighted by molar-refractivity contribution is 0.133. The van der Waals surface area contributed by atoms with E-state index in [0.29, 0.717) is 5.92 Å². The highest BCUT2D eigenvalue weighted by atomic mass is 16.3. The van der Waals surface area contributed by atoms with E-state index in [0.717, 1.165) is 6.42 Å². The van der Waals surface area contributed by atoms with Crippen LogP contribution in [-0.2, 0) is 0 Å². The van der Waals surface area contributed by atoms with Crippen molar-refractivity contribution in [1.29, 1.82) is 0 Å². The monoisotopic (exact) mass is 162 g/mol. The molecule has 0 heterocycles. The average molecular weight is 162 g/mol.